The van der Waals surface area contributed by atoms with Crippen LogP contribution >= 0.6 is 0 Å². The Morgan fingerprint density at radius 1 is 1.14 bits per heavy atom. The molecule has 0 bridgehead atoms. The molecular formula is C19H31NO. The minimum absolute atomic E-state index is 0.120. The van der Waals surface area contributed by atoms with Crippen LogP contribution < -0.4 is 5.32 Å². The lowest BCUT2D eigenvalue weighted by Gasteiger charge is -2.36. The van der Waals surface area contributed by atoms with E-state index in [0.29, 0.717) is 12.6 Å². The average molecular weight is 289 g/mol. The van der Waals surface area contributed by atoms with E-state index in [0.717, 1.165) is 13.0 Å². The van der Waals surface area contributed by atoms with Gasteiger partial charge in [0.2, 0.25) is 0 Å². The number of nitrogens with one attached hydrogen (secondary N) is 1. The Balaban J connectivity index is 1.89. The fraction of sp³-hybridized carbons (Fsp3) is 0.684. The van der Waals surface area contributed by atoms with Gasteiger partial charge < -0.3 is 10.4 Å². The summed E-state index contributed by atoms with van der Waals surface area (Å²) in [6, 6.07) is 9.34. The second kappa shape index (κ2) is 7.95. The van der Waals surface area contributed by atoms with Crippen LogP contribution in [0.1, 0.15) is 69.5 Å². The quantitative estimate of drug-likeness (QED) is 0.787. The van der Waals surface area contributed by atoms with Crippen molar-refractivity contribution < 1.29 is 5.11 Å². The molecule has 2 heteroatoms. The highest BCUT2D eigenvalue weighted by molar-refractivity contribution is 5.24. The summed E-state index contributed by atoms with van der Waals surface area (Å²) in [7, 11) is 0. The van der Waals surface area contributed by atoms with Gasteiger partial charge in [-0.3, -0.25) is 0 Å². The van der Waals surface area contributed by atoms with Gasteiger partial charge in [0.25, 0.3) is 0 Å². The van der Waals surface area contributed by atoms with Gasteiger partial charge >= 0.3 is 0 Å². The summed E-state index contributed by atoms with van der Waals surface area (Å²) >= 11 is 0. The molecular weight excluding hydrogens is 258 g/mol. The average Bonchev–Trinajstić information content (AvgIpc) is 2.54. The van der Waals surface area contributed by atoms with Gasteiger partial charge in [-0.05, 0) is 37.3 Å². The lowest BCUT2D eigenvalue weighted by molar-refractivity contribution is 0.0789. The summed E-state index contributed by atoms with van der Waals surface area (Å²) in [4.78, 5) is 0. The van der Waals surface area contributed by atoms with Gasteiger partial charge in [-0.2, -0.15) is 0 Å². The molecule has 1 aliphatic rings. The standard InChI is InChI=1S/C19H31NO/c1-3-7-17-8-10-18(11-9-17)16(2)20-14-19(15-21)12-5-4-6-13-19/h8-11,16,20-21H,3-7,12-15H2,1-2H3. The molecule has 1 unspecified atom stereocenters. The van der Waals surface area contributed by atoms with Crippen molar-refractivity contribution in [1.29, 1.82) is 0 Å². The third kappa shape index (κ3) is 4.55. The van der Waals surface area contributed by atoms with E-state index in [4.69, 9.17) is 0 Å². The molecule has 2 rings (SSSR count). The maximum atomic E-state index is 9.78. The lowest BCUT2D eigenvalue weighted by atomic mass is 9.74. The zero-order chi connectivity index (χ0) is 15.1. The van der Waals surface area contributed by atoms with Crippen molar-refractivity contribution in [2.24, 2.45) is 5.41 Å². The summed E-state index contributed by atoms with van der Waals surface area (Å²) in [6.07, 6.45) is 8.56. The van der Waals surface area contributed by atoms with E-state index in [1.807, 2.05) is 0 Å². The summed E-state index contributed by atoms with van der Waals surface area (Å²) < 4.78 is 0. The monoisotopic (exact) mass is 289 g/mol. The number of rotatable bonds is 7. The van der Waals surface area contributed by atoms with Crippen LogP contribution in [0.25, 0.3) is 0 Å². The zero-order valence-electron chi connectivity index (χ0n) is 13.7. The molecule has 0 radical (unpaired) electrons. The lowest BCUT2D eigenvalue weighted by Crippen LogP contribution is -2.39. The number of hydrogen-bond acceptors (Lipinski definition) is 2. The zero-order valence-corrected chi connectivity index (χ0v) is 13.7. The molecule has 0 spiro atoms. The summed E-state index contributed by atoms with van der Waals surface area (Å²) in [5, 5.41) is 13.4. The molecule has 1 aromatic carbocycles. The SMILES string of the molecule is CCCc1ccc(C(C)NCC2(CO)CCCCC2)cc1. The highest BCUT2D eigenvalue weighted by Gasteiger charge is 2.31. The Bertz CT molecular complexity index is 406. The Morgan fingerprint density at radius 3 is 2.38 bits per heavy atom. The van der Waals surface area contributed by atoms with Gasteiger partial charge in [-0.1, -0.05) is 56.9 Å². The minimum Gasteiger partial charge on any atom is -0.396 e. The number of aryl methyl sites for hydroxylation is 1. The minimum atomic E-state index is 0.120. The Kier molecular flexibility index (Phi) is 6.25. The molecule has 1 aromatic rings. The van der Waals surface area contributed by atoms with E-state index < -0.39 is 0 Å². The second-order valence-corrected chi connectivity index (χ2v) is 6.81. The van der Waals surface area contributed by atoms with Crippen molar-refractivity contribution in [2.75, 3.05) is 13.2 Å². The van der Waals surface area contributed by atoms with Crippen LogP contribution in [-0.2, 0) is 6.42 Å². The van der Waals surface area contributed by atoms with Crippen LogP contribution in [-0.4, -0.2) is 18.3 Å². The normalized spacial score (nSPS) is 19.4. The molecule has 1 fully saturated rings. The molecule has 118 valence electrons. The van der Waals surface area contributed by atoms with Gasteiger partial charge in [0.05, 0.1) is 0 Å². The van der Waals surface area contributed by atoms with Gasteiger partial charge in [0.1, 0.15) is 0 Å². The Labute approximate surface area is 130 Å². The summed E-state index contributed by atoms with van der Waals surface area (Å²) in [5.41, 5.74) is 2.89. The molecule has 0 saturated heterocycles. The predicted molar refractivity (Wildman–Crippen MR) is 89.5 cm³/mol. The first kappa shape index (κ1) is 16.5. The largest absolute Gasteiger partial charge is 0.396 e. The van der Waals surface area contributed by atoms with Gasteiger partial charge in [0, 0.05) is 24.6 Å². The highest BCUT2D eigenvalue weighted by Crippen LogP contribution is 2.35. The van der Waals surface area contributed by atoms with E-state index >= 15 is 0 Å². The Hall–Kier alpha value is -0.860. The molecule has 0 aromatic heterocycles. The van der Waals surface area contributed by atoms with Crippen molar-refractivity contribution in [3.05, 3.63) is 35.4 Å². The molecule has 2 nitrogen and oxygen atoms in total. The van der Waals surface area contributed by atoms with Gasteiger partial charge in [-0.15, -0.1) is 0 Å². The first-order valence-corrected chi connectivity index (χ1v) is 8.62. The first-order chi connectivity index (χ1) is 10.2. The number of benzene rings is 1. The maximum Gasteiger partial charge on any atom is 0.0499 e. The van der Waals surface area contributed by atoms with E-state index in [2.05, 4.69) is 43.4 Å². The molecule has 0 amide bonds. The van der Waals surface area contributed by atoms with E-state index in [9.17, 15) is 5.11 Å². The Morgan fingerprint density at radius 2 is 1.81 bits per heavy atom. The van der Waals surface area contributed by atoms with Crippen molar-refractivity contribution >= 4 is 0 Å². The smallest absolute Gasteiger partial charge is 0.0499 e. The van der Waals surface area contributed by atoms with Crippen LogP contribution in [0.15, 0.2) is 24.3 Å². The second-order valence-electron chi connectivity index (χ2n) is 6.81. The fourth-order valence-electron chi connectivity index (χ4n) is 3.44. The number of aliphatic hydroxyl groups is 1. The van der Waals surface area contributed by atoms with Crippen molar-refractivity contribution in [1.82, 2.24) is 5.32 Å². The highest BCUT2D eigenvalue weighted by atomic mass is 16.3. The van der Waals surface area contributed by atoms with Crippen LogP contribution in [0, 0.1) is 5.41 Å². The summed E-state index contributed by atoms with van der Waals surface area (Å²) in [5.74, 6) is 0. The van der Waals surface area contributed by atoms with Crippen molar-refractivity contribution in [3.63, 3.8) is 0 Å². The molecule has 2 N–H and O–H groups in total. The summed E-state index contributed by atoms with van der Waals surface area (Å²) in [6.45, 7) is 5.70. The van der Waals surface area contributed by atoms with Crippen molar-refractivity contribution in [3.8, 4) is 0 Å². The number of hydrogen-bond donors (Lipinski definition) is 2. The molecule has 1 aliphatic carbocycles. The first-order valence-electron chi connectivity index (χ1n) is 8.62. The third-order valence-corrected chi connectivity index (χ3v) is 5.05. The van der Waals surface area contributed by atoms with Crippen LogP contribution in [0.5, 0.6) is 0 Å². The number of aliphatic hydroxyl groups excluding tert-OH is 1. The van der Waals surface area contributed by atoms with Gasteiger partial charge in [0.15, 0.2) is 0 Å². The predicted octanol–water partition coefficient (Wildman–Crippen LogP) is 4.23. The van der Waals surface area contributed by atoms with Crippen LogP contribution in [0.2, 0.25) is 0 Å². The van der Waals surface area contributed by atoms with Crippen molar-refractivity contribution in [2.45, 2.75) is 64.8 Å². The molecule has 0 heterocycles. The van der Waals surface area contributed by atoms with Crippen LogP contribution in [0.3, 0.4) is 0 Å². The molecule has 1 atom stereocenters. The topological polar surface area (TPSA) is 32.3 Å². The van der Waals surface area contributed by atoms with E-state index in [1.165, 1.54) is 49.7 Å². The van der Waals surface area contributed by atoms with Gasteiger partial charge in [-0.25, -0.2) is 0 Å². The third-order valence-electron chi connectivity index (χ3n) is 5.05. The molecule has 1 saturated carbocycles. The van der Waals surface area contributed by atoms with E-state index in [-0.39, 0.29) is 5.41 Å². The van der Waals surface area contributed by atoms with Crippen LogP contribution in [0.4, 0.5) is 0 Å². The molecule has 21 heavy (non-hydrogen) atoms. The maximum absolute atomic E-state index is 9.78. The van der Waals surface area contributed by atoms with E-state index in [1.54, 1.807) is 0 Å². The fourth-order valence-corrected chi connectivity index (χ4v) is 3.44. The molecule has 0 aliphatic heterocycles.